The number of amides is 1. The fourth-order valence-corrected chi connectivity index (χ4v) is 3.21. The first kappa shape index (κ1) is 15.7. The maximum absolute atomic E-state index is 11.8. The zero-order valence-electron chi connectivity index (χ0n) is 12.6. The van der Waals surface area contributed by atoms with Gasteiger partial charge in [0.2, 0.25) is 5.91 Å². The highest BCUT2D eigenvalue weighted by atomic mass is 32.1. The van der Waals surface area contributed by atoms with Crippen molar-refractivity contribution in [1.29, 1.82) is 0 Å². The van der Waals surface area contributed by atoms with Crippen molar-refractivity contribution in [3.8, 4) is 0 Å². The molecule has 4 nitrogen and oxygen atoms in total. The highest BCUT2D eigenvalue weighted by molar-refractivity contribution is 7.12. The van der Waals surface area contributed by atoms with Crippen molar-refractivity contribution in [3.05, 3.63) is 51.5 Å². The lowest BCUT2D eigenvalue weighted by molar-refractivity contribution is -0.120. The van der Waals surface area contributed by atoms with Crippen LogP contribution in [0.5, 0.6) is 0 Å². The summed E-state index contributed by atoms with van der Waals surface area (Å²) >= 11 is 1.79. The summed E-state index contributed by atoms with van der Waals surface area (Å²) in [5.74, 6) is -0.0166. The molecule has 5 heteroatoms. The number of nitrogens with one attached hydrogen (secondary N) is 2. The third-order valence-electron chi connectivity index (χ3n) is 3.31. The van der Waals surface area contributed by atoms with Crippen LogP contribution in [0.25, 0.3) is 0 Å². The summed E-state index contributed by atoms with van der Waals surface area (Å²) in [6.45, 7) is 7.08. The predicted octanol–water partition coefficient (Wildman–Crippen LogP) is 2.73. The lowest BCUT2D eigenvalue weighted by Gasteiger charge is -2.13. The van der Waals surface area contributed by atoms with E-state index in [1.807, 2.05) is 18.2 Å². The molecule has 112 valence electrons. The number of nitrogens with zero attached hydrogens (tertiary/aromatic N) is 1. The molecule has 0 aliphatic heterocycles. The van der Waals surface area contributed by atoms with Crippen molar-refractivity contribution in [1.82, 2.24) is 15.6 Å². The van der Waals surface area contributed by atoms with E-state index in [0.29, 0.717) is 13.1 Å². The minimum atomic E-state index is -0.0166. The molecule has 2 N–H and O–H groups in total. The summed E-state index contributed by atoms with van der Waals surface area (Å²) in [6.07, 6.45) is 1.73. The van der Waals surface area contributed by atoms with Gasteiger partial charge in [-0.05, 0) is 44.5 Å². The van der Waals surface area contributed by atoms with Crippen molar-refractivity contribution in [2.24, 2.45) is 0 Å². The van der Waals surface area contributed by atoms with Crippen LogP contribution in [-0.4, -0.2) is 17.4 Å². The molecule has 0 saturated carbocycles. The van der Waals surface area contributed by atoms with Crippen molar-refractivity contribution in [2.75, 3.05) is 6.54 Å². The zero-order chi connectivity index (χ0) is 15.2. The van der Waals surface area contributed by atoms with Gasteiger partial charge in [-0.25, -0.2) is 0 Å². The molecule has 0 unspecified atom stereocenters. The molecule has 2 rings (SSSR count). The van der Waals surface area contributed by atoms with Gasteiger partial charge in [-0.15, -0.1) is 11.3 Å². The van der Waals surface area contributed by atoms with Gasteiger partial charge in [0.25, 0.3) is 0 Å². The number of carbonyl (C=O) groups is 1. The van der Waals surface area contributed by atoms with E-state index in [1.165, 1.54) is 15.3 Å². The Morgan fingerprint density at radius 3 is 2.81 bits per heavy atom. The number of thiophene rings is 1. The standard InChI is InChI=1S/C16H21N3OS/c1-11-8-15(13(3)21-11)12(2)18-10-16(20)19-9-14-6-4-5-7-17-14/h4-8,12,18H,9-10H2,1-3H3,(H,19,20)/t12-/m0/s1. The van der Waals surface area contributed by atoms with Crippen molar-refractivity contribution in [2.45, 2.75) is 33.4 Å². The van der Waals surface area contributed by atoms with Gasteiger partial charge in [-0.2, -0.15) is 0 Å². The number of carbonyl (C=O) groups excluding carboxylic acids is 1. The monoisotopic (exact) mass is 303 g/mol. The Morgan fingerprint density at radius 2 is 2.19 bits per heavy atom. The van der Waals surface area contributed by atoms with Crippen molar-refractivity contribution in [3.63, 3.8) is 0 Å². The number of hydrogen-bond acceptors (Lipinski definition) is 4. The molecule has 0 aromatic carbocycles. The van der Waals surface area contributed by atoms with E-state index in [1.54, 1.807) is 17.5 Å². The molecule has 2 aromatic rings. The molecular formula is C16H21N3OS. The summed E-state index contributed by atoms with van der Waals surface area (Å²) in [5.41, 5.74) is 2.14. The average Bonchev–Trinajstić information content (AvgIpc) is 2.82. The number of aryl methyl sites for hydroxylation is 2. The van der Waals surface area contributed by atoms with Crippen LogP contribution in [-0.2, 0) is 11.3 Å². The zero-order valence-corrected chi connectivity index (χ0v) is 13.5. The van der Waals surface area contributed by atoms with E-state index in [4.69, 9.17) is 0 Å². The summed E-state index contributed by atoms with van der Waals surface area (Å²) in [6, 6.07) is 8.03. The maximum atomic E-state index is 11.8. The van der Waals surface area contributed by atoms with Crippen LogP contribution in [0.2, 0.25) is 0 Å². The summed E-state index contributed by atoms with van der Waals surface area (Å²) in [5, 5.41) is 6.13. The summed E-state index contributed by atoms with van der Waals surface area (Å²) in [7, 11) is 0. The maximum Gasteiger partial charge on any atom is 0.234 e. The number of hydrogen-bond donors (Lipinski definition) is 2. The highest BCUT2D eigenvalue weighted by Crippen LogP contribution is 2.25. The SMILES string of the molecule is Cc1cc([C@H](C)NCC(=O)NCc2ccccn2)c(C)s1. The number of rotatable bonds is 6. The third-order valence-corrected chi connectivity index (χ3v) is 4.29. The fraction of sp³-hybridized carbons (Fsp3) is 0.375. The van der Waals surface area contributed by atoms with Crippen LogP contribution in [0.4, 0.5) is 0 Å². The second kappa shape index (κ2) is 7.33. The Balaban J connectivity index is 1.77. The molecule has 1 atom stereocenters. The molecule has 21 heavy (non-hydrogen) atoms. The van der Waals surface area contributed by atoms with Gasteiger partial charge in [0.05, 0.1) is 18.8 Å². The van der Waals surface area contributed by atoms with Crippen LogP contribution >= 0.6 is 11.3 Å². The minimum absolute atomic E-state index is 0.0166. The smallest absolute Gasteiger partial charge is 0.234 e. The second-order valence-electron chi connectivity index (χ2n) is 5.07. The first-order chi connectivity index (χ1) is 10.1. The van der Waals surface area contributed by atoms with Crippen LogP contribution in [0.1, 0.15) is 34.0 Å². The molecule has 2 heterocycles. The van der Waals surface area contributed by atoms with E-state index in [9.17, 15) is 4.79 Å². The van der Waals surface area contributed by atoms with Gasteiger partial charge >= 0.3 is 0 Å². The van der Waals surface area contributed by atoms with Crippen molar-refractivity contribution >= 4 is 17.2 Å². The van der Waals surface area contributed by atoms with Crippen molar-refractivity contribution < 1.29 is 4.79 Å². The van der Waals surface area contributed by atoms with Crippen LogP contribution in [0.15, 0.2) is 30.5 Å². The normalized spacial score (nSPS) is 12.1. The molecule has 0 fully saturated rings. The number of aromatic nitrogens is 1. The molecular weight excluding hydrogens is 282 g/mol. The Hall–Kier alpha value is -1.72. The largest absolute Gasteiger partial charge is 0.349 e. The van der Waals surface area contributed by atoms with E-state index in [0.717, 1.165) is 5.69 Å². The van der Waals surface area contributed by atoms with E-state index in [-0.39, 0.29) is 11.9 Å². The molecule has 0 saturated heterocycles. The van der Waals surface area contributed by atoms with Crippen LogP contribution in [0.3, 0.4) is 0 Å². The molecule has 0 radical (unpaired) electrons. The first-order valence-corrected chi connectivity index (χ1v) is 7.85. The molecule has 0 spiro atoms. The van der Waals surface area contributed by atoms with Gasteiger partial charge in [-0.3, -0.25) is 9.78 Å². The second-order valence-corrected chi connectivity index (χ2v) is 6.53. The Kier molecular flexibility index (Phi) is 5.47. The minimum Gasteiger partial charge on any atom is -0.349 e. The molecule has 0 aliphatic carbocycles. The Labute approximate surface area is 129 Å². The average molecular weight is 303 g/mol. The lowest BCUT2D eigenvalue weighted by Crippen LogP contribution is -2.34. The quantitative estimate of drug-likeness (QED) is 0.863. The van der Waals surface area contributed by atoms with E-state index >= 15 is 0 Å². The van der Waals surface area contributed by atoms with Gasteiger partial charge in [0.15, 0.2) is 0 Å². The van der Waals surface area contributed by atoms with Crippen LogP contribution in [0, 0.1) is 13.8 Å². The molecule has 0 bridgehead atoms. The summed E-state index contributed by atoms with van der Waals surface area (Å²) in [4.78, 5) is 18.6. The molecule has 2 aromatic heterocycles. The highest BCUT2D eigenvalue weighted by Gasteiger charge is 2.12. The van der Waals surface area contributed by atoms with Crippen LogP contribution < -0.4 is 10.6 Å². The Morgan fingerprint density at radius 1 is 1.38 bits per heavy atom. The first-order valence-electron chi connectivity index (χ1n) is 7.03. The van der Waals surface area contributed by atoms with Gasteiger partial charge in [0.1, 0.15) is 0 Å². The van der Waals surface area contributed by atoms with Gasteiger partial charge in [0, 0.05) is 22.0 Å². The fourth-order valence-electron chi connectivity index (χ4n) is 2.19. The Bertz CT molecular complexity index is 595. The van der Waals surface area contributed by atoms with E-state index in [2.05, 4.69) is 42.5 Å². The lowest BCUT2D eigenvalue weighted by atomic mass is 10.1. The molecule has 1 amide bonds. The van der Waals surface area contributed by atoms with Gasteiger partial charge < -0.3 is 10.6 Å². The topological polar surface area (TPSA) is 54.0 Å². The van der Waals surface area contributed by atoms with Gasteiger partial charge in [-0.1, -0.05) is 6.07 Å². The number of pyridine rings is 1. The summed E-state index contributed by atoms with van der Waals surface area (Å²) < 4.78 is 0. The van der Waals surface area contributed by atoms with E-state index < -0.39 is 0 Å². The predicted molar refractivity (Wildman–Crippen MR) is 86.3 cm³/mol. The molecule has 0 aliphatic rings. The third kappa shape index (κ3) is 4.65.